The second kappa shape index (κ2) is 3.87. The third-order valence-electron chi connectivity index (χ3n) is 2.21. The first-order chi connectivity index (χ1) is 7.15. The molecule has 2 aromatic rings. The summed E-state index contributed by atoms with van der Waals surface area (Å²) in [5.74, 6) is 0. The number of hydrogen-bond acceptors (Lipinski definition) is 3. The Hall–Kier alpha value is -1.00. The molecule has 1 aromatic heterocycles. The summed E-state index contributed by atoms with van der Waals surface area (Å²) in [5.41, 5.74) is 8.12. The van der Waals surface area contributed by atoms with Crippen LogP contribution in [0.15, 0.2) is 22.8 Å². The van der Waals surface area contributed by atoms with Gasteiger partial charge in [-0.1, -0.05) is 11.6 Å². The van der Waals surface area contributed by atoms with Gasteiger partial charge >= 0.3 is 0 Å². The van der Waals surface area contributed by atoms with Crippen LogP contribution < -0.4 is 11.1 Å². The summed E-state index contributed by atoms with van der Waals surface area (Å²) in [4.78, 5) is 4.25. The minimum absolute atomic E-state index is 0.624. The molecule has 1 aromatic carbocycles. The number of nitrogen functional groups attached to an aromatic ring is 1. The normalized spacial score (nSPS) is 10.6. The molecule has 3 N–H and O–H groups in total. The number of anilines is 2. The molecule has 0 unspecified atom stereocenters. The van der Waals surface area contributed by atoms with Gasteiger partial charge in [0.2, 0.25) is 0 Å². The second-order valence-corrected chi connectivity index (χ2v) is 4.30. The van der Waals surface area contributed by atoms with Gasteiger partial charge < -0.3 is 11.1 Å². The largest absolute Gasteiger partial charge is 0.396 e. The van der Waals surface area contributed by atoms with Gasteiger partial charge in [-0.2, -0.15) is 0 Å². The van der Waals surface area contributed by atoms with Crippen molar-refractivity contribution in [3.63, 3.8) is 0 Å². The maximum absolute atomic E-state index is 5.98. The van der Waals surface area contributed by atoms with Crippen molar-refractivity contribution in [2.24, 2.45) is 0 Å². The van der Waals surface area contributed by atoms with Crippen molar-refractivity contribution in [3.8, 4) is 0 Å². The van der Waals surface area contributed by atoms with Crippen molar-refractivity contribution in [1.82, 2.24) is 4.98 Å². The predicted octanol–water partition coefficient (Wildman–Crippen LogP) is 3.27. The van der Waals surface area contributed by atoms with Gasteiger partial charge in [-0.3, -0.25) is 4.98 Å². The number of hydrogen-bond donors (Lipinski definition) is 2. The lowest BCUT2D eigenvalue weighted by Gasteiger charge is -2.10. The molecular formula is C10H9BrClN3. The Kier molecular flexibility index (Phi) is 2.71. The molecule has 15 heavy (non-hydrogen) atoms. The number of rotatable bonds is 1. The van der Waals surface area contributed by atoms with E-state index >= 15 is 0 Å². The zero-order chi connectivity index (χ0) is 11.0. The summed E-state index contributed by atoms with van der Waals surface area (Å²) in [5, 5.41) is 4.65. The summed E-state index contributed by atoms with van der Waals surface area (Å²) in [6.07, 6.45) is 1.62. The molecule has 0 bridgehead atoms. The van der Waals surface area contributed by atoms with E-state index in [-0.39, 0.29) is 0 Å². The van der Waals surface area contributed by atoms with Gasteiger partial charge in [0, 0.05) is 12.4 Å². The van der Waals surface area contributed by atoms with Crippen molar-refractivity contribution in [1.29, 1.82) is 0 Å². The first-order valence-electron chi connectivity index (χ1n) is 4.35. The Labute approximate surface area is 101 Å². The van der Waals surface area contributed by atoms with Crippen LogP contribution in [-0.4, -0.2) is 12.0 Å². The highest BCUT2D eigenvalue weighted by Gasteiger charge is 2.09. The molecule has 0 aliphatic carbocycles. The van der Waals surface area contributed by atoms with Crippen LogP contribution >= 0.6 is 27.5 Å². The van der Waals surface area contributed by atoms with E-state index < -0.39 is 0 Å². The summed E-state index contributed by atoms with van der Waals surface area (Å²) in [7, 11) is 1.83. The quantitative estimate of drug-likeness (QED) is 0.846. The van der Waals surface area contributed by atoms with Crippen LogP contribution in [0.25, 0.3) is 10.9 Å². The zero-order valence-electron chi connectivity index (χ0n) is 8.01. The van der Waals surface area contributed by atoms with E-state index in [9.17, 15) is 0 Å². The molecule has 0 aliphatic heterocycles. The van der Waals surface area contributed by atoms with Gasteiger partial charge in [-0.15, -0.1) is 0 Å². The number of nitrogens with two attached hydrogens (primary N) is 1. The van der Waals surface area contributed by atoms with Crippen molar-refractivity contribution in [2.75, 3.05) is 18.1 Å². The highest BCUT2D eigenvalue weighted by molar-refractivity contribution is 9.10. The minimum atomic E-state index is 0.624. The molecule has 0 amide bonds. The maximum Gasteiger partial charge on any atom is 0.0881 e. The molecule has 0 radical (unpaired) electrons. The number of halogens is 2. The van der Waals surface area contributed by atoms with E-state index in [1.807, 2.05) is 19.2 Å². The van der Waals surface area contributed by atoms with Crippen molar-refractivity contribution < 1.29 is 0 Å². The molecule has 0 spiro atoms. The molecule has 0 saturated carbocycles. The number of nitrogens with zero attached hydrogens (tertiary/aromatic N) is 1. The van der Waals surface area contributed by atoms with Crippen molar-refractivity contribution >= 4 is 49.8 Å². The molecule has 0 saturated heterocycles. The summed E-state index contributed by atoms with van der Waals surface area (Å²) in [6.45, 7) is 0. The summed E-state index contributed by atoms with van der Waals surface area (Å²) < 4.78 is 0.790. The third kappa shape index (κ3) is 1.64. The van der Waals surface area contributed by atoms with Crippen molar-refractivity contribution in [3.05, 3.63) is 27.8 Å². The average Bonchev–Trinajstić information content (AvgIpc) is 2.23. The van der Waals surface area contributed by atoms with Crippen LogP contribution in [0.4, 0.5) is 11.4 Å². The van der Waals surface area contributed by atoms with Gasteiger partial charge in [0.1, 0.15) is 0 Å². The molecule has 0 atom stereocenters. The van der Waals surface area contributed by atoms with Gasteiger partial charge in [0.15, 0.2) is 0 Å². The predicted molar refractivity (Wildman–Crippen MR) is 68.4 cm³/mol. The fraction of sp³-hybridized carbons (Fsp3) is 0.100. The maximum atomic E-state index is 5.98. The molecule has 0 fully saturated rings. The Balaban J connectivity index is 2.89. The van der Waals surface area contributed by atoms with Crippen LogP contribution in [0.1, 0.15) is 0 Å². The lowest BCUT2D eigenvalue weighted by molar-refractivity contribution is 1.39. The fourth-order valence-corrected chi connectivity index (χ4v) is 2.10. The lowest BCUT2D eigenvalue weighted by atomic mass is 10.1. The highest BCUT2D eigenvalue weighted by atomic mass is 79.9. The zero-order valence-corrected chi connectivity index (χ0v) is 10.4. The first kappa shape index (κ1) is 10.5. The van der Waals surface area contributed by atoms with Crippen LogP contribution in [0.2, 0.25) is 5.02 Å². The topological polar surface area (TPSA) is 50.9 Å². The molecule has 0 aliphatic rings. The molecule has 78 valence electrons. The minimum Gasteiger partial charge on any atom is -0.396 e. The van der Waals surface area contributed by atoms with E-state index in [4.69, 9.17) is 17.3 Å². The Morgan fingerprint density at radius 1 is 1.47 bits per heavy atom. The van der Waals surface area contributed by atoms with Crippen LogP contribution in [0, 0.1) is 0 Å². The van der Waals surface area contributed by atoms with Gasteiger partial charge in [0.05, 0.1) is 32.6 Å². The molecular weight excluding hydrogens is 277 g/mol. The van der Waals surface area contributed by atoms with Crippen molar-refractivity contribution in [2.45, 2.75) is 0 Å². The van der Waals surface area contributed by atoms with Crippen LogP contribution in [-0.2, 0) is 0 Å². The molecule has 3 nitrogen and oxygen atoms in total. The van der Waals surface area contributed by atoms with E-state index in [2.05, 4.69) is 26.2 Å². The highest BCUT2D eigenvalue weighted by Crippen LogP contribution is 2.35. The monoisotopic (exact) mass is 285 g/mol. The lowest BCUT2D eigenvalue weighted by Crippen LogP contribution is -1.98. The Morgan fingerprint density at radius 2 is 2.20 bits per heavy atom. The molecule has 2 rings (SSSR count). The number of aromatic nitrogens is 1. The SMILES string of the molecule is CNc1c(N)cnc2c(Br)c(Cl)ccc12. The summed E-state index contributed by atoms with van der Waals surface area (Å²) >= 11 is 9.39. The van der Waals surface area contributed by atoms with Crippen LogP contribution in [0.3, 0.4) is 0 Å². The van der Waals surface area contributed by atoms with E-state index in [0.29, 0.717) is 10.7 Å². The number of pyridine rings is 1. The average molecular weight is 287 g/mol. The fourth-order valence-electron chi connectivity index (χ4n) is 1.50. The Morgan fingerprint density at radius 3 is 2.87 bits per heavy atom. The number of nitrogens with one attached hydrogen (secondary N) is 1. The summed E-state index contributed by atoms with van der Waals surface area (Å²) in [6, 6.07) is 3.72. The van der Waals surface area contributed by atoms with E-state index in [1.54, 1.807) is 6.20 Å². The number of fused-ring (bicyclic) bond motifs is 1. The second-order valence-electron chi connectivity index (χ2n) is 3.10. The number of benzene rings is 1. The Bertz CT molecular complexity index is 528. The standard InChI is InChI=1S/C10H9BrClN3/c1-14-9-5-2-3-6(12)8(11)10(5)15-4-7(9)13/h2-4H,13H2,1H3,(H,14,15). The van der Waals surface area contributed by atoms with Crippen LogP contribution in [0.5, 0.6) is 0 Å². The third-order valence-corrected chi connectivity index (χ3v) is 3.56. The van der Waals surface area contributed by atoms with Gasteiger partial charge in [-0.05, 0) is 28.1 Å². The molecule has 1 heterocycles. The first-order valence-corrected chi connectivity index (χ1v) is 5.52. The van der Waals surface area contributed by atoms with Gasteiger partial charge in [0.25, 0.3) is 0 Å². The smallest absolute Gasteiger partial charge is 0.0881 e. The molecule has 5 heteroatoms. The van der Waals surface area contributed by atoms with E-state index in [0.717, 1.165) is 21.1 Å². The van der Waals surface area contributed by atoms with Gasteiger partial charge in [-0.25, -0.2) is 0 Å². The van der Waals surface area contributed by atoms with E-state index in [1.165, 1.54) is 0 Å².